The van der Waals surface area contributed by atoms with E-state index in [1.165, 1.54) is 0 Å². The van der Waals surface area contributed by atoms with Crippen LogP contribution in [-0.2, 0) is 14.3 Å². The van der Waals surface area contributed by atoms with E-state index in [2.05, 4.69) is 0 Å². The molecular formula is C18H32N2O3. The van der Waals surface area contributed by atoms with Crippen LogP contribution in [0.15, 0.2) is 0 Å². The molecule has 0 aromatic carbocycles. The van der Waals surface area contributed by atoms with Crippen LogP contribution in [0, 0.1) is 17.3 Å². The van der Waals surface area contributed by atoms with Crippen LogP contribution in [-0.4, -0.2) is 41.0 Å². The van der Waals surface area contributed by atoms with Crippen LogP contribution in [0.25, 0.3) is 0 Å². The average Bonchev–Trinajstić information content (AvgIpc) is 2.92. The van der Waals surface area contributed by atoms with Gasteiger partial charge in [-0.25, -0.2) is 4.79 Å². The molecule has 1 heterocycles. The molecule has 0 aromatic heterocycles. The van der Waals surface area contributed by atoms with E-state index in [1.807, 2.05) is 41.5 Å². The smallest absolute Gasteiger partial charge is 0.329 e. The Balaban J connectivity index is 2.23. The quantitative estimate of drug-likeness (QED) is 0.791. The second-order valence-corrected chi connectivity index (χ2v) is 9.17. The van der Waals surface area contributed by atoms with Gasteiger partial charge in [-0.05, 0) is 50.9 Å². The van der Waals surface area contributed by atoms with Crippen molar-refractivity contribution in [1.82, 2.24) is 4.90 Å². The summed E-state index contributed by atoms with van der Waals surface area (Å²) in [6.45, 7) is 12.1. The molecule has 2 fully saturated rings. The molecule has 2 N–H and O–H groups in total. The Kier molecular flexibility index (Phi) is 4.82. The summed E-state index contributed by atoms with van der Waals surface area (Å²) in [6, 6.07) is -1.08. The predicted molar refractivity (Wildman–Crippen MR) is 89.6 cm³/mol. The molecule has 5 nitrogen and oxygen atoms in total. The van der Waals surface area contributed by atoms with Gasteiger partial charge in [0.15, 0.2) is 0 Å². The molecule has 132 valence electrons. The molecule has 1 amide bonds. The molecular weight excluding hydrogens is 292 g/mol. The lowest BCUT2D eigenvalue weighted by atomic mass is 9.86. The minimum atomic E-state index is -0.605. The first kappa shape index (κ1) is 18.2. The van der Waals surface area contributed by atoms with Crippen LogP contribution < -0.4 is 5.73 Å². The van der Waals surface area contributed by atoms with Crippen LogP contribution in [0.4, 0.5) is 0 Å². The van der Waals surface area contributed by atoms with Gasteiger partial charge in [0.05, 0.1) is 6.04 Å². The maximum atomic E-state index is 12.9. The predicted octanol–water partition coefficient (Wildman–Crippen LogP) is 2.33. The van der Waals surface area contributed by atoms with Crippen LogP contribution in [0.5, 0.6) is 0 Å². The molecule has 1 aliphatic heterocycles. The van der Waals surface area contributed by atoms with Crippen molar-refractivity contribution in [2.75, 3.05) is 6.54 Å². The van der Waals surface area contributed by atoms with Gasteiger partial charge < -0.3 is 15.4 Å². The number of carbonyl (C=O) groups is 2. The molecule has 5 heteroatoms. The lowest BCUT2D eigenvalue weighted by molar-refractivity contribution is -0.165. The zero-order chi connectivity index (χ0) is 17.6. The number of rotatable bonds is 2. The molecule has 0 bridgehead atoms. The Morgan fingerprint density at radius 3 is 2.26 bits per heavy atom. The highest BCUT2D eigenvalue weighted by Gasteiger charge is 2.52. The molecule has 2 aliphatic rings. The van der Waals surface area contributed by atoms with Crippen molar-refractivity contribution in [2.24, 2.45) is 23.0 Å². The van der Waals surface area contributed by atoms with E-state index in [-0.39, 0.29) is 23.2 Å². The van der Waals surface area contributed by atoms with E-state index < -0.39 is 17.7 Å². The summed E-state index contributed by atoms with van der Waals surface area (Å²) in [5.74, 6) is 0.230. The summed E-state index contributed by atoms with van der Waals surface area (Å²) in [5, 5.41) is 0. The summed E-state index contributed by atoms with van der Waals surface area (Å²) >= 11 is 0. The van der Waals surface area contributed by atoms with Crippen molar-refractivity contribution in [1.29, 1.82) is 0 Å². The van der Waals surface area contributed by atoms with E-state index in [0.29, 0.717) is 12.5 Å². The number of hydrogen-bond acceptors (Lipinski definition) is 4. The van der Waals surface area contributed by atoms with Crippen LogP contribution in [0.2, 0.25) is 0 Å². The SMILES string of the molecule is CC(C)(C)OC(=O)C1C2CCCC2CN1C(=O)[C@@H](N)C(C)(C)C. The van der Waals surface area contributed by atoms with Crippen molar-refractivity contribution in [3.05, 3.63) is 0 Å². The second kappa shape index (κ2) is 6.08. The minimum Gasteiger partial charge on any atom is -0.458 e. The van der Waals surface area contributed by atoms with Crippen molar-refractivity contribution in [3.8, 4) is 0 Å². The van der Waals surface area contributed by atoms with Crippen molar-refractivity contribution < 1.29 is 14.3 Å². The first-order valence-corrected chi connectivity index (χ1v) is 8.71. The largest absolute Gasteiger partial charge is 0.458 e. The Hall–Kier alpha value is -1.10. The van der Waals surface area contributed by atoms with E-state index in [9.17, 15) is 9.59 Å². The Morgan fingerprint density at radius 2 is 1.74 bits per heavy atom. The number of likely N-dealkylation sites (tertiary alicyclic amines) is 1. The third-order valence-electron chi connectivity index (χ3n) is 5.02. The number of fused-ring (bicyclic) bond motifs is 1. The first-order valence-electron chi connectivity index (χ1n) is 8.71. The van der Waals surface area contributed by atoms with Crippen molar-refractivity contribution in [2.45, 2.75) is 78.5 Å². The van der Waals surface area contributed by atoms with Crippen molar-refractivity contribution >= 4 is 11.9 Å². The molecule has 0 radical (unpaired) electrons. The van der Waals surface area contributed by atoms with Gasteiger partial charge in [0.25, 0.3) is 0 Å². The molecule has 0 aromatic rings. The fraction of sp³-hybridized carbons (Fsp3) is 0.889. The summed E-state index contributed by atoms with van der Waals surface area (Å²) in [5.41, 5.74) is 5.30. The van der Waals surface area contributed by atoms with Gasteiger partial charge in [-0.3, -0.25) is 4.79 Å². The number of amides is 1. The number of esters is 1. The highest BCUT2D eigenvalue weighted by atomic mass is 16.6. The number of ether oxygens (including phenoxy) is 1. The van der Waals surface area contributed by atoms with Gasteiger partial charge in [0.1, 0.15) is 11.6 Å². The van der Waals surface area contributed by atoms with E-state index in [1.54, 1.807) is 4.90 Å². The van der Waals surface area contributed by atoms with Crippen LogP contribution in [0.3, 0.4) is 0 Å². The monoisotopic (exact) mass is 324 g/mol. The maximum Gasteiger partial charge on any atom is 0.329 e. The van der Waals surface area contributed by atoms with Crippen molar-refractivity contribution in [3.63, 3.8) is 0 Å². The molecule has 1 saturated heterocycles. The average molecular weight is 324 g/mol. The van der Waals surface area contributed by atoms with Gasteiger partial charge in [0, 0.05) is 6.54 Å². The van der Waals surface area contributed by atoms with E-state index >= 15 is 0 Å². The highest BCUT2D eigenvalue weighted by molar-refractivity contribution is 5.89. The summed E-state index contributed by atoms with van der Waals surface area (Å²) < 4.78 is 5.60. The normalized spacial score (nSPS) is 29.3. The summed E-state index contributed by atoms with van der Waals surface area (Å²) in [4.78, 5) is 27.3. The third-order valence-corrected chi connectivity index (χ3v) is 5.02. The Morgan fingerprint density at radius 1 is 1.13 bits per heavy atom. The van der Waals surface area contributed by atoms with Crippen LogP contribution >= 0.6 is 0 Å². The lowest BCUT2D eigenvalue weighted by Gasteiger charge is -2.34. The molecule has 4 atom stereocenters. The number of nitrogens with two attached hydrogens (primary N) is 1. The molecule has 3 unspecified atom stereocenters. The van der Waals surface area contributed by atoms with Gasteiger partial charge in [-0.15, -0.1) is 0 Å². The first-order chi connectivity index (χ1) is 10.4. The second-order valence-electron chi connectivity index (χ2n) is 9.17. The van der Waals surface area contributed by atoms with Gasteiger partial charge in [0.2, 0.25) is 5.91 Å². The zero-order valence-corrected chi connectivity index (χ0v) is 15.4. The lowest BCUT2D eigenvalue weighted by Crippen LogP contribution is -2.55. The van der Waals surface area contributed by atoms with Gasteiger partial charge in [-0.1, -0.05) is 27.2 Å². The van der Waals surface area contributed by atoms with Gasteiger partial charge in [-0.2, -0.15) is 0 Å². The number of carbonyl (C=O) groups excluding carboxylic acids is 2. The maximum absolute atomic E-state index is 12.9. The Bertz CT molecular complexity index is 476. The Labute approximate surface area is 139 Å². The molecule has 1 saturated carbocycles. The molecule has 0 spiro atoms. The summed E-state index contributed by atoms with van der Waals surface area (Å²) in [7, 11) is 0. The topological polar surface area (TPSA) is 72.6 Å². The number of nitrogens with zero attached hydrogens (tertiary/aromatic N) is 1. The fourth-order valence-corrected chi connectivity index (χ4v) is 3.75. The van der Waals surface area contributed by atoms with Crippen LogP contribution in [0.1, 0.15) is 60.8 Å². The highest BCUT2D eigenvalue weighted by Crippen LogP contribution is 2.43. The molecule has 23 heavy (non-hydrogen) atoms. The van der Waals surface area contributed by atoms with Gasteiger partial charge >= 0.3 is 5.97 Å². The minimum absolute atomic E-state index is 0.122. The summed E-state index contributed by atoms with van der Waals surface area (Å²) in [6.07, 6.45) is 3.20. The third kappa shape index (κ3) is 3.87. The molecule has 2 rings (SSSR count). The zero-order valence-electron chi connectivity index (χ0n) is 15.4. The molecule has 1 aliphatic carbocycles. The fourth-order valence-electron chi connectivity index (χ4n) is 3.75. The standard InChI is InChI=1S/C18H32N2O3/c1-17(2,3)14(19)15(21)20-10-11-8-7-9-12(11)13(20)16(22)23-18(4,5)6/h11-14H,7-10,19H2,1-6H3/t11?,12?,13?,14-/m1/s1. The number of hydrogen-bond donors (Lipinski definition) is 1. The van der Waals surface area contributed by atoms with E-state index in [4.69, 9.17) is 10.5 Å². The van der Waals surface area contributed by atoms with E-state index in [0.717, 1.165) is 19.3 Å².